The summed E-state index contributed by atoms with van der Waals surface area (Å²) in [6, 6.07) is 6.38. The van der Waals surface area contributed by atoms with E-state index < -0.39 is 9.45 Å². The molecule has 2 aliphatic rings. The fraction of sp³-hybridized carbons (Fsp3) is 0. The van der Waals surface area contributed by atoms with Gasteiger partial charge in [-0.25, -0.2) is 0 Å². The molecule has 0 aliphatic carbocycles. The third-order valence-electron chi connectivity index (χ3n) is 3.51. The third kappa shape index (κ3) is 1.65. The number of hydrogen-bond donors (Lipinski definition) is 0. The Morgan fingerprint density at radius 2 is 1.10 bits per heavy atom. The van der Waals surface area contributed by atoms with Crippen molar-refractivity contribution in [2.45, 2.75) is 0 Å². The highest BCUT2D eigenvalue weighted by atomic mass is 32.8. The van der Waals surface area contributed by atoms with Gasteiger partial charge in [-0.1, -0.05) is 0 Å². The second kappa shape index (κ2) is 4.16. The van der Waals surface area contributed by atoms with Crippen LogP contribution in [0.2, 0.25) is 0 Å². The van der Waals surface area contributed by atoms with Crippen molar-refractivity contribution in [3.63, 3.8) is 0 Å². The van der Waals surface area contributed by atoms with E-state index in [4.69, 9.17) is 11.2 Å². The molecule has 0 radical (unpaired) electrons. The normalized spacial score (nSPS) is 17.7. The van der Waals surface area contributed by atoms with E-state index >= 15 is 0 Å². The maximum atomic E-state index is 12.0. The van der Waals surface area contributed by atoms with E-state index in [1.165, 1.54) is 0 Å². The molecule has 0 bridgehead atoms. The van der Waals surface area contributed by atoms with Crippen LogP contribution in [0, 0.1) is 0 Å². The van der Waals surface area contributed by atoms with Crippen molar-refractivity contribution in [1.29, 1.82) is 0 Å². The van der Waals surface area contributed by atoms with Gasteiger partial charge in [0.15, 0.2) is 0 Å². The van der Waals surface area contributed by atoms with Crippen LogP contribution in [0.25, 0.3) is 10.8 Å². The van der Waals surface area contributed by atoms with Crippen LogP contribution < -0.4 is 0 Å². The predicted molar refractivity (Wildman–Crippen MR) is 83.6 cm³/mol. The molecule has 0 saturated carbocycles. The Labute approximate surface area is 129 Å². The number of hydrogen-bond acceptors (Lipinski definition) is 6. The Morgan fingerprint density at radius 1 is 0.714 bits per heavy atom. The van der Waals surface area contributed by atoms with Crippen LogP contribution in [0.3, 0.4) is 0 Å². The molecule has 0 amide bonds. The number of carbonyl (C=O) groups is 4. The van der Waals surface area contributed by atoms with E-state index in [1.807, 2.05) is 0 Å². The van der Waals surface area contributed by atoms with Gasteiger partial charge in [0, 0.05) is 31.7 Å². The standard InChI is InChI=1S/C14H4O4S3/c15-11-7-1-5-3-9-10(14(18)21(19)13(9)17)4-6(5)2-8(7)12(16)20-11/h1-4H. The van der Waals surface area contributed by atoms with Crippen LogP contribution >= 0.6 is 11.8 Å². The Bertz CT molecular complexity index is 884. The van der Waals surface area contributed by atoms with Crippen molar-refractivity contribution in [1.82, 2.24) is 0 Å². The summed E-state index contributed by atoms with van der Waals surface area (Å²) in [6.45, 7) is 0. The van der Waals surface area contributed by atoms with E-state index in [9.17, 15) is 19.2 Å². The Kier molecular flexibility index (Phi) is 2.57. The molecular formula is C14H4O4S3. The van der Waals surface area contributed by atoms with Gasteiger partial charge in [0.05, 0.1) is 0 Å². The zero-order chi connectivity index (χ0) is 14.9. The maximum absolute atomic E-state index is 12.0. The minimum absolute atomic E-state index is 0.289. The molecule has 21 heavy (non-hydrogen) atoms. The van der Waals surface area contributed by atoms with Gasteiger partial charge in [-0.2, -0.15) is 0 Å². The lowest BCUT2D eigenvalue weighted by Crippen LogP contribution is -2.02. The van der Waals surface area contributed by atoms with Gasteiger partial charge in [0.25, 0.3) is 0 Å². The van der Waals surface area contributed by atoms with Crippen molar-refractivity contribution in [3.05, 3.63) is 46.5 Å². The molecule has 2 aromatic rings. The van der Waals surface area contributed by atoms with E-state index in [0.717, 1.165) is 0 Å². The lowest BCUT2D eigenvalue weighted by Gasteiger charge is -2.03. The van der Waals surface area contributed by atoms with Crippen molar-refractivity contribution >= 4 is 63.6 Å². The summed E-state index contributed by atoms with van der Waals surface area (Å²) >= 11 is 5.59. The van der Waals surface area contributed by atoms with Gasteiger partial charge in [-0.3, -0.25) is 19.2 Å². The van der Waals surface area contributed by atoms with E-state index in [2.05, 4.69) is 0 Å². The topological polar surface area (TPSA) is 68.3 Å². The highest BCUT2D eigenvalue weighted by molar-refractivity contribution is 8.46. The van der Waals surface area contributed by atoms with Crippen LogP contribution in [0.15, 0.2) is 24.3 Å². The fourth-order valence-corrected chi connectivity index (χ4v) is 4.67. The minimum Gasteiger partial charge on any atom is -0.281 e. The second-order valence-corrected chi connectivity index (χ2v) is 7.89. The average Bonchev–Trinajstić information content (AvgIpc) is 2.85. The van der Waals surface area contributed by atoms with Crippen LogP contribution in [0.4, 0.5) is 0 Å². The largest absolute Gasteiger partial charge is 0.281 e. The Hall–Kier alpha value is -1.70. The number of carbonyl (C=O) groups excluding carboxylic acids is 4. The molecule has 2 aliphatic heterocycles. The molecule has 4 rings (SSSR count). The summed E-state index contributed by atoms with van der Waals surface area (Å²) < 4.78 is 0. The van der Waals surface area contributed by atoms with Gasteiger partial charge in [0.1, 0.15) is 0 Å². The summed E-state index contributed by atoms with van der Waals surface area (Å²) in [4.78, 5) is 47.4. The van der Waals surface area contributed by atoms with Crippen LogP contribution in [-0.2, 0) is 20.6 Å². The molecule has 0 saturated heterocycles. The molecule has 4 nitrogen and oxygen atoms in total. The van der Waals surface area contributed by atoms with Crippen molar-refractivity contribution < 1.29 is 19.2 Å². The molecule has 0 spiro atoms. The van der Waals surface area contributed by atoms with Gasteiger partial charge in [0.2, 0.25) is 20.5 Å². The SMILES string of the molecule is O=C1SC(=O)c2cc3cc4c(cc3cc21)C(=O)S(=S)C4=O. The molecule has 0 N–H and O–H groups in total. The first-order valence-corrected chi connectivity index (χ1v) is 8.83. The Balaban J connectivity index is 2.07. The molecule has 7 heteroatoms. The molecule has 2 heterocycles. The van der Waals surface area contributed by atoms with E-state index in [0.29, 0.717) is 44.8 Å². The highest BCUT2D eigenvalue weighted by Crippen LogP contribution is 2.35. The monoisotopic (exact) mass is 332 g/mol. The number of thioether (sulfide) groups is 1. The molecule has 0 aromatic heterocycles. The van der Waals surface area contributed by atoms with Crippen LogP contribution in [0.1, 0.15) is 41.4 Å². The summed E-state index contributed by atoms with van der Waals surface area (Å²) in [5, 5.41) is 0.0522. The lowest BCUT2D eigenvalue weighted by molar-refractivity contribution is 0.107. The van der Waals surface area contributed by atoms with Gasteiger partial charge < -0.3 is 0 Å². The minimum atomic E-state index is -1.35. The highest BCUT2D eigenvalue weighted by Gasteiger charge is 2.34. The lowest BCUT2D eigenvalue weighted by atomic mass is 9.98. The van der Waals surface area contributed by atoms with Crippen molar-refractivity contribution in [3.8, 4) is 0 Å². The van der Waals surface area contributed by atoms with E-state index in [-0.39, 0.29) is 20.5 Å². The van der Waals surface area contributed by atoms with E-state index in [1.54, 1.807) is 24.3 Å². The van der Waals surface area contributed by atoms with Gasteiger partial charge >= 0.3 is 0 Å². The molecule has 2 aromatic carbocycles. The molecular weight excluding hydrogens is 328 g/mol. The fourth-order valence-electron chi connectivity index (χ4n) is 2.50. The quantitative estimate of drug-likeness (QED) is 0.737. The summed E-state index contributed by atoms with van der Waals surface area (Å²) in [7, 11) is -1.35. The predicted octanol–water partition coefficient (Wildman–Crippen LogP) is 2.24. The summed E-state index contributed by atoms with van der Waals surface area (Å²) in [5.74, 6) is 0. The first kappa shape index (κ1) is 13.0. The first-order valence-electron chi connectivity index (χ1n) is 5.86. The zero-order valence-corrected chi connectivity index (χ0v) is 12.6. The van der Waals surface area contributed by atoms with Crippen molar-refractivity contribution in [2.75, 3.05) is 0 Å². The summed E-state index contributed by atoms with van der Waals surface area (Å²) in [6.07, 6.45) is 0. The maximum Gasteiger partial charge on any atom is 0.231 e. The van der Waals surface area contributed by atoms with Crippen molar-refractivity contribution in [2.24, 2.45) is 0 Å². The molecule has 0 unspecified atom stereocenters. The smallest absolute Gasteiger partial charge is 0.231 e. The van der Waals surface area contributed by atoms with Gasteiger partial charge in [-0.05, 0) is 58.0 Å². The second-order valence-electron chi connectivity index (χ2n) is 4.66. The van der Waals surface area contributed by atoms with Gasteiger partial charge in [-0.15, -0.1) is 0 Å². The first-order chi connectivity index (χ1) is 9.97. The number of rotatable bonds is 0. The number of fused-ring (bicyclic) bond motifs is 3. The summed E-state index contributed by atoms with van der Waals surface area (Å²) in [5.41, 5.74) is 1.34. The number of benzene rings is 2. The molecule has 102 valence electrons. The molecule has 0 fully saturated rings. The van der Waals surface area contributed by atoms with Crippen LogP contribution in [0.5, 0.6) is 0 Å². The average molecular weight is 332 g/mol. The third-order valence-corrected chi connectivity index (χ3v) is 6.35. The van der Waals surface area contributed by atoms with Crippen LogP contribution in [-0.4, -0.2) is 20.5 Å². The molecule has 0 atom stereocenters. The Morgan fingerprint density at radius 3 is 1.52 bits per heavy atom. The zero-order valence-electron chi connectivity index (χ0n) is 10.2.